The summed E-state index contributed by atoms with van der Waals surface area (Å²) in [5.74, 6) is -1.92. The molecule has 1 aromatic rings. The van der Waals surface area contributed by atoms with Crippen LogP contribution in [0.15, 0.2) is 18.2 Å². The first-order chi connectivity index (χ1) is 8.86. The molecule has 19 heavy (non-hydrogen) atoms. The Morgan fingerprint density at radius 2 is 2.00 bits per heavy atom. The molecule has 0 spiro atoms. The van der Waals surface area contributed by atoms with Crippen LogP contribution < -0.4 is 5.73 Å². The van der Waals surface area contributed by atoms with E-state index < -0.39 is 30.6 Å². The topological polar surface area (TPSA) is 130 Å². The summed E-state index contributed by atoms with van der Waals surface area (Å²) in [4.78, 5) is 21.9. The minimum atomic E-state index is -1.48. The number of carboxylic acid groups (broad SMARTS) is 1. The number of hydrogen-bond donors (Lipinski definition) is 4. The maximum atomic E-state index is 11.4. The van der Waals surface area contributed by atoms with Crippen LogP contribution >= 0.6 is 0 Å². The van der Waals surface area contributed by atoms with Crippen LogP contribution in [-0.2, 0) is 9.53 Å². The number of hydrogen-bond acceptors (Lipinski definition) is 6. The highest BCUT2D eigenvalue weighted by atomic mass is 16.5. The van der Waals surface area contributed by atoms with Gasteiger partial charge in [-0.15, -0.1) is 0 Å². The molecule has 0 heterocycles. The number of aliphatic carboxylic acids is 1. The largest absolute Gasteiger partial charge is 0.481 e. The molecule has 0 radical (unpaired) electrons. The minimum absolute atomic E-state index is 0.0431. The normalized spacial score (nSPS) is 13.6. The Morgan fingerprint density at radius 3 is 2.53 bits per heavy atom. The van der Waals surface area contributed by atoms with Gasteiger partial charge in [0, 0.05) is 5.69 Å². The first kappa shape index (κ1) is 14.9. The quantitative estimate of drug-likeness (QED) is 0.434. The lowest BCUT2D eigenvalue weighted by Gasteiger charge is -2.17. The molecule has 1 rings (SSSR count). The van der Waals surface area contributed by atoms with Crippen molar-refractivity contribution in [2.45, 2.75) is 18.6 Å². The maximum Gasteiger partial charge on any atom is 0.339 e. The molecule has 0 saturated heterocycles. The molecule has 0 bridgehead atoms. The second-order valence-electron chi connectivity index (χ2n) is 3.95. The number of carboxylic acids is 1. The number of carbonyl (C=O) groups excluding carboxylic acids is 1. The van der Waals surface area contributed by atoms with E-state index >= 15 is 0 Å². The minimum Gasteiger partial charge on any atom is -0.481 e. The van der Waals surface area contributed by atoms with Crippen molar-refractivity contribution in [3.05, 3.63) is 29.3 Å². The van der Waals surface area contributed by atoms with Crippen molar-refractivity contribution < 1.29 is 29.6 Å². The van der Waals surface area contributed by atoms with Gasteiger partial charge in [-0.05, 0) is 17.7 Å². The number of aliphatic hydroxyl groups is 2. The Bertz CT molecular complexity index is 487. The highest BCUT2D eigenvalue weighted by Crippen LogP contribution is 2.23. The van der Waals surface area contributed by atoms with Crippen molar-refractivity contribution >= 4 is 17.6 Å². The van der Waals surface area contributed by atoms with Gasteiger partial charge in [-0.2, -0.15) is 0 Å². The summed E-state index contributed by atoms with van der Waals surface area (Å²) in [7, 11) is 1.18. The van der Waals surface area contributed by atoms with Gasteiger partial charge in [-0.1, -0.05) is 6.07 Å². The van der Waals surface area contributed by atoms with Crippen LogP contribution in [-0.4, -0.2) is 40.5 Å². The number of nitrogens with two attached hydrogens (primary N) is 1. The van der Waals surface area contributed by atoms with E-state index in [1.807, 2.05) is 0 Å². The lowest BCUT2D eigenvalue weighted by molar-refractivity contribution is -0.141. The monoisotopic (exact) mass is 269 g/mol. The highest BCUT2D eigenvalue weighted by molar-refractivity contribution is 5.95. The summed E-state index contributed by atoms with van der Waals surface area (Å²) in [6.07, 6.45) is -3.52. The predicted octanol–water partition coefficient (Wildman–Crippen LogP) is -0.0756. The molecule has 7 nitrogen and oxygen atoms in total. The fourth-order valence-electron chi connectivity index (χ4n) is 1.56. The van der Waals surface area contributed by atoms with Gasteiger partial charge in [-0.3, -0.25) is 4.79 Å². The van der Waals surface area contributed by atoms with Crippen LogP contribution in [0, 0.1) is 0 Å². The molecular weight excluding hydrogens is 254 g/mol. The van der Waals surface area contributed by atoms with Crippen LogP contribution in [0.25, 0.3) is 0 Å². The summed E-state index contributed by atoms with van der Waals surface area (Å²) >= 11 is 0. The molecule has 5 N–H and O–H groups in total. The van der Waals surface area contributed by atoms with Crippen molar-refractivity contribution in [1.82, 2.24) is 0 Å². The molecule has 2 atom stereocenters. The van der Waals surface area contributed by atoms with Crippen molar-refractivity contribution in [2.24, 2.45) is 0 Å². The number of nitrogen functional groups attached to an aromatic ring is 1. The van der Waals surface area contributed by atoms with E-state index in [1.165, 1.54) is 25.3 Å². The van der Waals surface area contributed by atoms with Gasteiger partial charge < -0.3 is 25.8 Å². The van der Waals surface area contributed by atoms with Crippen LogP contribution in [0.1, 0.15) is 28.4 Å². The summed E-state index contributed by atoms with van der Waals surface area (Å²) in [6.45, 7) is 0. The molecule has 0 saturated carbocycles. The van der Waals surface area contributed by atoms with Crippen LogP contribution in [0.5, 0.6) is 0 Å². The van der Waals surface area contributed by atoms with Gasteiger partial charge in [0.2, 0.25) is 0 Å². The second kappa shape index (κ2) is 6.17. The number of benzene rings is 1. The molecule has 0 amide bonds. The number of rotatable bonds is 5. The first-order valence-electron chi connectivity index (χ1n) is 5.42. The van der Waals surface area contributed by atoms with E-state index in [0.29, 0.717) is 0 Å². The summed E-state index contributed by atoms with van der Waals surface area (Å²) in [5, 5.41) is 27.9. The SMILES string of the molecule is COC(=O)c1cc(C(O)C(O)CC(=O)O)ccc1N. The zero-order valence-corrected chi connectivity index (χ0v) is 10.2. The number of esters is 1. The van der Waals surface area contributed by atoms with Gasteiger partial charge in [0.05, 0.1) is 25.2 Å². The van der Waals surface area contributed by atoms with Gasteiger partial charge in [-0.25, -0.2) is 4.79 Å². The van der Waals surface area contributed by atoms with E-state index in [1.54, 1.807) is 0 Å². The maximum absolute atomic E-state index is 11.4. The van der Waals surface area contributed by atoms with E-state index in [-0.39, 0.29) is 16.8 Å². The standard InChI is InChI=1S/C12H15NO6/c1-19-12(18)7-4-6(2-3-8(7)13)11(17)9(14)5-10(15)16/h2-4,9,11,14,17H,5,13H2,1H3,(H,15,16). The van der Waals surface area contributed by atoms with Crippen LogP contribution in [0.3, 0.4) is 0 Å². The third kappa shape index (κ3) is 3.67. The third-order valence-electron chi connectivity index (χ3n) is 2.57. The van der Waals surface area contributed by atoms with E-state index in [0.717, 1.165) is 0 Å². The predicted molar refractivity (Wildman–Crippen MR) is 65.4 cm³/mol. The van der Waals surface area contributed by atoms with Crippen molar-refractivity contribution in [1.29, 1.82) is 0 Å². The molecule has 7 heteroatoms. The number of ether oxygens (including phenoxy) is 1. The van der Waals surface area contributed by atoms with E-state index in [4.69, 9.17) is 10.8 Å². The average molecular weight is 269 g/mol. The zero-order valence-electron chi connectivity index (χ0n) is 10.2. The summed E-state index contributed by atoms with van der Waals surface area (Å²) in [5.41, 5.74) is 5.97. The van der Waals surface area contributed by atoms with Gasteiger partial charge in [0.15, 0.2) is 0 Å². The van der Waals surface area contributed by atoms with Gasteiger partial charge in [0.1, 0.15) is 6.10 Å². The Kier molecular flexibility index (Phi) is 4.85. The van der Waals surface area contributed by atoms with Gasteiger partial charge >= 0.3 is 11.9 Å². The smallest absolute Gasteiger partial charge is 0.339 e. The third-order valence-corrected chi connectivity index (χ3v) is 2.57. The first-order valence-corrected chi connectivity index (χ1v) is 5.42. The Labute approximate surface area is 109 Å². The van der Waals surface area contributed by atoms with E-state index in [2.05, 4.69) is 4.74 Å². The van der Waals surface area contributed by atoms with Gasteiger partial charge in [0.25, 0.3) is 0 Å². The molecule has 0 aliphatic carbocycles. The van der Waals surface area contributed by atoms with Crippen molar-refractivity contribution in [3.63, 3.8) is 0 Å². The summed E-state index contributed by atoms with van der Waals surface area (Å²) in [6, 6.07) is 4.03. The summed E-state index contributed by atoms with van der Waals surface area (Å²) < 4.78 is 4.52. The van der Waals surface area contributed by atoms with E-state index in [9.17, 15) is 19.8 Å². The fourth-order valence-corrected chi connectivity index (χ4v) is 1.56. The fraction of sp³-hybridized carbons (Fsp3) is 0.333. The number of aliphatic hydroxyl groups excluding tert-OH is 2. The zero-order chi connectivity index (χ0) is 14.6. The van der Waals surface area contributed by atoms with Crippen LogP contribution in [0.2, 0.25) is 0 Å². The Balaban J connectivity index is 3.01. The number of carbonyl (C=O) groups is 2. The molecule has 2 unspecified atom stereocenters. The van der Waals surface area contributed by atoms with Crippen molar-refractivity contribution in [3.8, 4) is 0 Å². The molecule has 1 aromatic carbocycles. The average Bonchev–Trinajstić information content (AvgIpc) is 2.36. The number of methoxy groups -OCH3 is 1. The van der Waals surface area contributed by atoms with Crippen LogP contribution in [0.4, 0.5) is 5.69 Å². The molecular formula is C12H15NO6. The molecule has 0 fully saturated rings. The lowest BCUT2D eigenvalue weighted by Crippen LogP contribution is -2.22. The number of anilines is 1. The Morgan fingerprint density at radius 1 is 1.37 bits per heavy atom. The molecule has 0 aromatic heterocycles. The molecule has 0 aliphatic rings. The highest BCUT2D eigenvalue weighted by Gasteiger charge is 2.23. The Hall–Kier alpha value is -2.12. The molecule has 0 aliphatic heterocycles. The second-order valence-corrected chi connectivity index (χ2v) is 3.95. The lowest BCUT2D eigenvalue weighted by atomic mass is 9.99. The molecule has 104 valence electrons. The van der Waals surface area contributed by atoms with Crippen molar-refractivity contribution in [2.75, 3.05) is 12.8 Å².